The standard InChI is InChI=1S/C23H30N4O3S/c1-3-14-27-22(20-15-29-18-12-8-9-13-19(18)30-20)24-25-23(27)31-16-21(28)26(4-2)17-10-6-5-7-11-17/h3,8-9,12-13,17,20H,1,4-7,10-11,14-16H2,2H3/t20-/m1/s1. The van der Waals surface area contributed by atoms with Gasteiger partial charge in [0.05, 0.1) is 5.75 Å². The molecule has 1 aromatic heterocycles. The number of hydrogen-bond donors (Lipinski definition) is 0. The fraction of sp³-hybridized carbons (Fsp3) is 0.522. The van der Waals surface area contributed by atoms with Gasteiger partial charge in [0.1, 0.15) is 6.61 Å². The number of thioether (sulfide) groups is 1. The van der Waals surface area contributed by atoms with Gasteiger partial charge in [-0.1, -0.05) is 49.2 Å². The molecule has 1 aliphatic carbocycles. The van der Waals surface area contributed by atoms with E-state index in [4.69, 9.17) is 9.47 Å². The zero-order valence-corrected chi connectivity index (χ0v) is 18.9. The van der Waals surface area contributed by atoms with E-state index in [0.717, 1.165) is 25.1 Å². The van der Waals surface area contributed by atoms with Crippen molar-refractivity contribution in [1.82, 2.24) is 19.7 Å². The monoisotopic (exact) mass is 442 g/mol. The van der Waals surface area contributed by atoms with Gasteiger partial charge in [-0.2, -0.15) is 0 Å². The molecule has 0 spiro atoms. The predicted molar refractivity (Wildman–Crippen MR) is 121 cm³/mol. The molecule has 7 nitrogen and oxygen atoms in total. The van der Waals surface area contributed by atoms with Crippen molar-refractivity contribution >= 4 is 17.7 Å². The molecule has 4 rings (SSSR count). The second kappa shape index (κ2) is 10.2. The molecule has 1 fully saturated rings. The fourth-order valence-electron chi connectivity index (χ4n) is 4.33. The van der Waals surface area contributed by atoms with E-state index in [-0.39, 0.29) is 12.0 Å². The summed E-state index contributed by atoms with van der Waals surface area (Å²) in [5, 5.41) is 9.44. The fourth-order valence-corrected chi connectivity index (χ4v) is 5.17. The average molecular weight is 443 g/mol. The Labute approximate surface area is 187 Å². The van der Waals surface area contributed by atoms with Gasteiger partial charge in [-0.3, -0.25) is 9.36 Å². The Balaban J connectivity index is 1.45. The molecule has 0 unspecified atom stereocenters. The second-order valence-corrected chi connectivity index (χ2v) is 8.81. The number of rotatable bonds is 8. The molecular weight excluding hydrogens is 412 g/mol. The molecular formula is C23H30N4O3S. The summed E-state index contributed by atoms with van der Waals surface area (Å²) < 4.78 is 13.9. The highest BCUT2D eigenvalue weighted by atomic mass is 32.2. The van der Waals surface area contributed by atoms with Gasteiger partial charge in [0.2, 0.25) is 5.91 Å². The van der Waals surface area contributed by atoms with Crippen molar-refractivity contribution in [3.8, 4) is 11.5 Å². The summed E-state index contributed by atoms with van der Waals surface area (Å²) in [6.45, 7) is 7.58. The number of ether oxygens (including phenoxy) is 2. The van der Waals surface area contributed by atoms with Gasteiger partial charge in [-0.25, -0.2) is 0 Å². The lowest BCUT2D eigenvalue weighted by atomic mass is 9.94. The Hall–Kier alpha value is -2.48. The van der Waals surface area contributed by atoms with Crippen molar-refractivity contribution in [3.05, 3.63) is 42.7 Å². The molecule has 1 amide bonds. The molecule has 1 aliphatic heterocycles. The quantitative estimate of drug-likeness (QED) is 0.450. The third-order valence-electron chi connectivity index (χ3n) is 5.85. The maximum atomic E-state index is 12.9. The Bertz CT molecular complexity index is 910. The summed E-state index contributed by atoms with van der Waals surface area (Å²) in [6, 6.07) is 7.98. The van der Waals surface area contributed by atoms with E-state index >= 15 is 0 Å². The van der Waals surface area contributed by atoms with Crippen molar-refractivity contribution in [2.75, 3.05) is 18.9 Å². The van der Waals surface area contributed by atoms with Gasteiger partial charge in [0.25, 0.3) is 0 Å². The van der Waals surface area contributed by atoms with Gasteiger partial charge in [0, 0.05) is 19.1 Å². The Morgan fingerprint density at radius 3 is 2.77 bits per heavy atom. The van der Waals surface area contributed by atoms with Crippen LogP contribution in [0.1, 0.15) is 51.0 Å². The van der Waals surface area contributed by atoms with E-state index in [1.807, 2.05) is 33.7 Å². The van der Waals surface area contributed by atoms with Crippen molar-refractivity contribution in [1.29, 1.82) is 0 Å². The summed E-state index contributed by atoms with van der Waals surface area (Å²) in [5.41, 5.74) is 0. The summed E-state index contributed by atoms with van der Waals surface area (Å²) in [6.07, 6.45) is 7.37. The molecule has 2 aliphatic rings. The molecule has 2 aromatic rings. The number of nitrogens with zero attached hydrogens (tertiary/aromatic N) is 4. The number of carbonyl (C=O) groups excluding carboxylic acids is 1. The number of amides is 1. The predicted octanol–water partition coefficient (Wildman–Crippen LogP) is 4.25. The van der Waals surface area contributed by atoms with E-state index in [1.165, 1.54) is 31.0 Å². The van der Waals surface area contributed by atoms with E-state index in [1.54, 1.807) is 6.08 Å². The molecule has 2 heterocycles. The molecule has 1 aromatic carbocycles. The van der Waals surface area contributed by atoms with Crippen LogP contribution < -0.4 is 9.47 Å². The molecule has 0 N–H and O–H groups in total. The molecule has 8 heteroatoms. The van der Waals surface area contributed by atoms with Gasteiger partial charge >= 0.3 is 0 Å². The van der Waals surface area contributed by atoms with E-state index < -0.39 is 0 Å². The van der Waals surface area contributed by atoms with Crippen molar-refractivity contribution in [3.63, 3.8) is 0 Å². The zero-order valence-electron chi connectivity index (χ0n) is 18.0. The first-order valence-corrected chi connectivity index (χ1v) is 12.0. The third kappa shape index (κ3) is 4.89. The van der Waals surface area contributed by atoms with Gasteiger partial charge < -0.3 is 14.4 Å². The molecule has 0 saturated heterocycles. The lowest BCUT2D eigenvalue weighted by Crippen LogP contribution is -2.42. The van der Waals surface area contributed by atoms with Crippen LogP contribution in [0.4, 0.5) is 0 Å². The van der Waals surface area contributed by atoms with E-state index in [9.17, 15) is 4.79 Å². The van der Waals surface area contributed by atoms with Crippen LogP contribution in [-0.4, -0.2) is 50.5 Å². The highest BCUT2D eigenvalue weighted by Gasteiger charge is 2.29. The van der Waals surface area contributed by atoms with Crippen LogP contribution in [0.2, 0.25) is 0 Å². The number of aromatic nitrogens is 3. The minimum atomic E-state index is -0.359. The normalized spacial score (nSPS) is 18.5. The van der Waals surface area contributed by atoms with Gasteiger partial charge in [-0.15, -0.1) is 16.8 Å². The number of benzene rings is 1. The lowest BCUT2D eigenvalue weighted by molar-refractivity contribution is -0.131. The Morgan fingerprint density at radius 2 is 2.03 bits per heavy atom. The summed E-state index contributed by atoms with van der Waals surface area (Å²) >= 11 is 1.43. The van der Waals surface area contributed by atoms with Crippen LogP contribution in [0.5, 0.6) is 11.5 Å². The van der Waals surface area contributed by atoms with Crippen molar-refractivity contribution < 1.29 is 14.3 Å². The van der Waals surface area contributed by atoms with E-state index in [0.29, 0.717) is 41.7 Å². The van der Waals surface area contributed by atoms with Crippen LogP contribution in [0.25, 0.3) is 0 Å². The van der Waals surface area contributed by atoms with Crippen LogP contribution in [-0.2, 0) is 11.3 Å². The van der Waals surface area contributed by atoms with Gasteiger partial charge in [-0.05, 0) is 31.9 Å². The Morgan fingerprint density at radius 1 is 1.26 bits per heavy atom. The van der Waals surface area contributed by atoms with E-state index in [2.05, 4.69) is 23.7 Å². The first kappa shape index (κ1) is 21.7. The molecule has 0 radical (unpaired) electrons. The molecule has 1 saturated carbocycles. The maximum absolute atomic E-state index is 12.9. The second-order valence-electron chi connectivity index (χ2n) is 7.86. The SMILES string of the molecule is C=CCn1c(SCC(=O)N(CC)C2CCCCC2)nnc1[C@H]1COc2ccccc2O1. The average Bonchev–Trinajstić information content (AvgIpc) is 3.21. The summed E-state index contributed by atoms with van der Waals surface area (Å²) in [5.74, 6) is 2.63. The number of allylic oxidation sites excluding steroid dienone is 1. The first-order chi connectivity index (χ1) is 15.2. The highest BCUT2D eigenvalue weighted by molar-refractivity contribution is 7.99. The van der Waals surface area contributed by atoms with Crippen molar-refractivity contribution in [2.24, 2.45) is 0 Å². The maximum Gasteiger partial charge on any atom is 0.233 e. The highest BCUT2D eigenvalue weighted by Crippen LogP contribution is 2.36. The van der Waals surface area contributed by atoms with Crippen LogP contribution in [0.3, 0.4) is 0 Å². The molecule has 31 heavy (non-hydrogen) atoms. The molecule has 166 valence electrons. The van der Waals surface area contributed by atoms with Crippen LogP contribution in [0, 0.1) is 0 Å². The largest absolute Gasteiger partial charge is 0.485 e. The third-order valence-corrected chi connectivity index (χ3v) is 6.81. The van der Waals surface area contributed by atoms with Gasteiger partial charge in [0.15, 0.2) is 28.6 Å². The zero-order chi connectivity index (χ0) is 21.6. The first-order valence-electron chi connectivity index (χ1n) is 11.1. The smallest absolute Gasteiger partial charge is 0.233 e. The lowest BCUT2D eigenvalue weighted by Gasteiger charge is -2.33. The summed E-state index contributed by atoms with van der Waals surface area (Å²) in [4.78, 5) is 15.0. The summed E-state index contributed by atoms with van der Waals surface area (Å²) in [7, 11) is 0. The van der Waals surface area contributed by atoms with Crippen LogP contribution in [0.15, 0.2) is 42.1 Å². The Kier molecular flexibility index (Phi) is 7.17. The number of fused-ring (bicyclic) bond motifs is 1. The minimum Gasteiger partial charge on any atom is -0.485 e. The number of carbonyl (C=O) groups is 1. The topological polar surface area (TPSA) is 69.5 Å². The molecule has 1 atom stereocenters. The van der Waals surface area contributed by atoms with Crippen LogP contribution >= 0.6 is 11.8 Å². The molecule has 0 bridgehead atoms. The minimum absolute atomic E-state index is 0.167. The number of hydrogen-bond acceptors (Lipinski definition) is 6. The van der Waals surface area contributed by atoms with Crippen molar-refractivity contribution in [2.45, 2.75) is 62.9 Å². The number of para-hydroxylation sites is 2.